The van der Waals surface area contributed by atoms with Crippen LogP contribution in [0.1, 0.15) is 39.7 Å². The van der Waals surface area contributed by atoms with Crippen molar-refractivity contribution in [3.05, 3.63) is 34.3 Å². The molecular formula is C16H23BrO3. The molecule has 4 heteroatoms. The molecule has 1 N–H and O–H groups in total. The second-order valence-electron chi connectivity index (χ2n) is 5.26. The molecule has 0 saturated heterocycles. The van der Waals surface area contributed by atoms with E-state index in [0.717, 1.165) is 10.0 Å². The van der Waals surface area contributed by atoms with E-state index in [1.807, 2.05) is 45.0 Å². The molecule has 0 fully saturated rings. The van der Waals surface area contributed by atoms with Crippen LogP contribution in [0.15, 0.2) is 28.7 Å². The van der Waals surface area contributed by atoms with E-state index in [1.54, 1.807) is 6.92 Å². The summed E-state index contributed by atoms with van der Waals surface area (Å²) in [6.07, 6.45) is 0.455. The maximum Gasteiger partial charge on any atom is 0.312 e. The third-order valence-corrected chi connectivity index (χ3v) is 4.13. The third-order valence-electron chi connectivity index (χ3n) is 3.60. The molecule has 0 aliphatic heterocycles. The highest BCUT2D eigenvalue weighted by atomic mass is 79.9. The van der Waals surface area contributed by atoms with E-state index in [1.165, 1.54) is 0 Å². The molecule has 112 valence electrons. The van der Waals surface area contributed by atoms with Crippen LogP contribution in [0.4, 0.5) is 0 Å². The van der Waals surface area contributed by atoms with Crippen LogP contribution < -0.4 is 0 Å². The van der Waals surface area contributed by atoms with E-state index in [4.69, 9.17) is 4.74 Å². The summed E-state index contributed by atoms with van der Waals surface area (Å²) in [7, 11) is 0. The van der Waals surface area contributed by atoms with Crippen LogP contribution in [0.25, 0.3) is 0 Å². The largest absolute Gasteiger partial charge is 0.466 e. The van der Waals surface area contributed by atoms with Gasteiger partial charge in [0, 0.05) is 4.47 Å². The first-order chi connectivity index (χ1) is 9.36. The van der Waals surface area contributed by atoms with Crippen molar-refractivity contribution in [2.75, 3.05) is 6.61 Å². The lowest BCUT2D eigenvalue weighted by atomic mass is 9.74. The fourth-order valence-corrected chi connectivity index (χ4v) is 2.86. The molecular weight excluding hydrogens is 320 g/mol. The van der Waals surface area contributed by atoms with Crippen LogP contribution >= 0.6 is 15.9 Å². The summed E-state index contributed by atoms with van der Waals surface area (Å²) in [6, 6.07) is 7.45. The molecule has 1 rings (SSSR count). The molecule has 0 heterocycles. The summed E-state index contributed by atoms with van der Waals surface area (Å²) in [4.78, 5) is 12.2. The van der Waals surface area contributed by atoms with Gasteiger partial charge in [0.1, 0.15) is 5.60 Å². The Kier molecular flexibility index (Phi) is 6.21. The molecule has 2 atom stereocenters. The highest BCUT2D eigenvalue weighted by Gasteiger charge is 2.44. The van der Waals surface area contributed by atoms with Crippen LogP contribution in [-0.2, 0) is 15.1 Å². The highest BCUT2D eigenvalue weighted by molar-refractivity contribution is 9.10. The van der Waals surface area contributed by atoms with E-state index in [-0.39, 0.29) is 11.9 Å². The molecule has 1 aromatic rings. The first-order valence-electron chi connectivity index (χ1n) is 7.01. The van der Waals surface area contributed by atoms with E-state index in [2.05, 4.69) is 15.9 Å². The summed E-state index contributed by atoms with van der Waals surface area (Å²) in [5, 5.41) is 11.1. The fourth-order valence-electron chi connectivity index (χ4n) is 2.59. The number of rotatable bonds is 6. The standard InChI is InChI=1S/C16H23BrO3/c1-5-16(19,12-7-9-13(17)10-8-12)14(11(3)4)15(18)20-6-2/h7-11,14,19H,5-6H2,1-4H3. The SMILES string of the molecule is CCOC(=O)C(C(C)C)C(O)(CC)c1ccc(Br)cc1. The molecule has 0 spiro atoms. The quantitative estimate of drug-likeness (QED) is 0.798. The van der Waals surface area contributed by atoms with Gasteiger partial charge in [0.2, 0.25) is 0 Å². The van der Waals surface area contributed by atoms with Crippen LogP contribution in [-0.4, -0.2) is 17.7 Å². The minimum Gasteiger partial charge on any atom is -0.466 e. The number of aliphatic hydroxyl groups is 1. The number of esters is 1. The Hall–Kier alpha value is -0.870. The molecule has 0 aromatic heterocycles. The van der Waals surface area contributed by atoms with Crippen molar-refractivity contribution in [2.45, 2.75) is 39.7 Å². The summed E-state index contributed by atoms with van der Waals surface area (Å²) in [6.45, 7) is 7.85. The Morgan fingerprint density at radius 2 is 1.85 bits per heavy atom. The number of halogens is 1. The first-order valence-corrected chi connectivity index (χ1v) is 7.81. The fraction of sp³-hybridized carbons (Fsp3) is 0.562. The van der Waals surface area contributed by atoms with Gasteiger partial charge in [-0.15, -0.1) is 0 Å². The second kappa shape index (κ2) is 7.23. The van der Waals surface area contributed by atoms with Crippen LogP contribution in [0.3, 0.4) is 0 Å². The lowest BCUT2D eigenvalue weighted by Crippen LogP contribution is -2.43. The van der Waals surface area contributed by atoms with Crippen LogP contribution in [0.5, 0.6) is 0 Å². The Labute approximate surface area is 129 Å². The normalized spacial score (nSPS) is 15.8. The van der Waals surface area contributed by atoms with Gasteiger partial charge in [-0.1, -0.05) is 48.8 Å². The average molecular weight is 343 g/mol. The number of hydrogen-bond donors (Lipinski definition) is 1. The van der Waals surface area contributed by atoms with Crippen LogP contribution in [0, 0.1) is 11.8 Å². The topological polar surface area (TPSA) is 46.5 Å². The lowest BCUT2D eigenvalue weighted by Gasteiger charge is -2.36. The van der Waals surface area contributed by atoms with Crippen molar-refractivity contribution in [1.29, 1.82) is 0 Å². The summed E-state index contributed by atoms with van der Waals surface area (Å²) >= 11 is 3.38. The molecule has 0 radical (unpaired) electrons. The lowest BCUT2D eigenvalue weighted by molar-refractivity contribution is -0.163. The van der Waals surface area contributed by atoms with Gasteiger partial charge in [0.15, 0.2) is 0 Å². The van der Waals surface area contributed by atoms with Gasteiger partial charge in [-0.25, -0.2) is 0 Å². The van der Waals surface area contributed by atoms with Gasteiger partial charge in [-0.3, -0.25) is 4.79 Å². The van der Waals surface area contributed by atoms with E-state index < -0.39 is 11.5 Å². The number of ether oxygens (including phenoxy) is 1. The zero-order chi connectivity index (χ0) is 15.3. The average Bonchev–Trinajstić information content (AvgIpc) is 2.39. The summed E-state index contributed by atoms with van der Waals surface area (Å²) < 4.78 is 6.09. The van der Waals surface area contributed by atoms with Gasteiger partial charge >= 0.3 is 5.97 Å². The smallest absolute Gasteiger partial charge is 0.312 e. The van der Waals surface area contributed by atoms with Crippen molar-refractivity contribution in [3.63, 3.8) is 0 Å². The Balaban J connectivity index is 3.23. The van der Waals surface area contributed by atoms with Crippen molar-refractivity contribution in [2.24, 2.45) is 11.8 Å². The molecule has 3 nitrogen and oxygen atoms in total. The van der Waals surface area contributed by atoms with Gasteiger partial charge in [0.05, 0.1) is 12.5 Å². The molecule has 0 aliphatic carbocycles. The van der Waals surface area contributed by atoms with Crippen molar-refractivity contribution >= 4 is 21.9 Å². The molecule has 1 aromatic carbocycles. The van der Waals surface area contributed by atoms with Gasteiger partial charge < -0.3 is 9.84 Å². The molecule has 20 heavy (non-hydrogen) atoms. The summed E-state index contributed by atoms with van der Waals surface area (Å²) in [5.74, 6) is -0.925. The van der Waals surface area contributed by atoms with E-state index in [9.17, 15) is 9.90 Å². The van der Waals surface area contributed by atoms with Crippen molar-refractivity contribution in [1.82, 2.24) is 0 Å². The number of hydrogen-bond acceptors (Lipinski definition) is 3. The number of carbonyl (C=O) groups excluding carboxylic acids is 1. The van der Waals surface area contributed by atoms with Gasteiger partial charge in [-0.2, -0.15) is 0 Å². The molecule has 0 bridgehead atoms. The van der Waals surface area contributed by atoms with E-state index in [0.29, 0.717) is 13.0 Å². The minimum absolute atomic E-state index is 0.0114. The Morgan fingerprint density at radius 1 is 1.30 bits per heavy atom. The van der Waals surface area contributed by atoms with Crippen molar-refractivity contribution < 1.29 is 14.6 Å². The van der Waals surface area contributed by atoms with Gasteiger partial charge in [0.25, 0.3) is 0 Å². The highest BCUT2D eigenvalue weighted by Crippen LogP contribution is 2.38. The monoisotopic (exact) mass is 342 g/mol. The molecule has 0 amide bonds. The molecule has 0 aliphatic rings. The van der Waals surface area contributed by atoms with Crippen molar-refractivity contribution in [3.8, 4) is 0 Å². The van der Waals surface area contributed by atoms with Crippen LogP contribution in [0.2, 0.25) is 0 Å². The predicted octanol–water partition coefficient (Wildman–Crippen LogP) is 3.88. The minimum atomic E-state index is -1.21. The Bertz CT molecular complexity index is 442. The number of carbonyl (C=O) groups is 1. The maximum atomic E-state index is 12.2. The van der Waals surface area contributed by atoms with Gasteiger partial charge in [-0.05, 0) is 37.0 Å². The Morgan fingerprint density at radius 3 is 2.25 bits per heavy atom. The third kappa shape index (κ3) is 3.61. The predicted molar refractivity (Wildman–Crippen MR) is 83.3 cm³/mol. The number of benzene rings is 1. The molecule has 0 saturated carbocycles. The second-order valence-corrected chi connectivity index (χ2v) is 6.17. The molecule has 2 unspecified atom stereocenters. The summed E-state index contributed by atoms with van der Waals surface area (Å²) in [5.41, 5.74) is -0.462. The zero-order valence-electron chi connectivity index (χ0n) is 12.5. The first kappa shape index (κ1) is 17.2. The zero-order valence-corrected chi connectivity index (χ0v) is 14.1. The maximum absolute atomic E-state index is 12.2. The van der Waals surface area contributed by atoms with E-state index >= 15 is 0 Å².